The van der Waals surface area contributed by atoms with Crippen LogP contribution >= 0.6 is 0 Å². The van der Waals surface area contributed by atoms with Crippen LogP contribution in [0.5, 0.6) is 5.75 Å². The fourth-order valence-corrected chi connectivity index (χ4v) is 3.71. The Morgan fingerprint density at radius 1 is 1.33 bits per heavy atom. The molecule has 2 N–H and O–H groups in total. The Labute approximate surface area is 124 Å². The van der Waals surface area contributed by atoms with Crippen molar-refractivity contribution in [1.29, 1.82) is 0 Å². The van der Waals surface area contributed by atoms with E-state index in [4.69, 9.17) is 10.5 Å². The van der Waals surface area contributed by atoms with Crippen molar-refractivity contribution in [3.8, 4) is 5.75 Å². The minimum absolute atomic E-state index is 0.122. The minimum Gasteiger partial charge on any atom is -0.496 e. The first-order valence-corrected chi connectivity index (χ1v) is 7.41. The van der Waals surface area contributed by atoms with E-state index in [1.165, 1.54) is 13.2 Å². The minimum atomic E-state index is -0.328. The molecule has 3 rings (SSSR count). The average Bonchev–Trinajstić information content (AvgIpc) is 2.89. The third-order valence-corrected chi connectivity index (χ3v) is 4.81. The lowest BCUT2D eigenvalue weighted by molar-refractivity contribution is -0.384. The molecule has 6 heteroatoms. The number of hydrogen-bond acceptors (Lipinski definition) is 5. The number of hydrogen-bond donors (Lipinski definition) is 1. The number of nitro benzene ring substituents is 1. The second kappa shape index (κ2) is 5.52. The first-order valence-electron chi connectivity index (χ1n) is 7.41. The first-order chi connectivity index (χ1) is 10.1. The van der Waals surface area contributed by atoms with Crippen molar-refractivity contribution in [2.24, 2.45) is 17.6 Å². The molecule has 0 aromatic heterocycles. The number of nitrogens with two attached hydrogens (primary N) is 1. The van der Waals surface area contributed by atoms with Crippen LogP contribution in [0, 0.1) is 22.0 Å². The molecule has 1 aromatic carbocycles. The highest BCUT2D eigenvalue weighted by molar-refractivity contribution is 5.66. The summed E-state index contributed by atoms with van der Waals surface area (Å²) in [5, 5.41) is 11.3. The fraction of sp³-hybridized carbons (Fsp3) is 0.600. The second-order valence-electron chi connectivity index (χ2n) is 6.11. The lowest BCUT2D eigenvalue weighted by Crippen LogP contribution is -2.32. The van der Waals surface area contributed by atoms with Crippen LogP contribution in [0.15, 0.2) is 18.2 Å². The fourth-order valence-electron chi connectivity index (χ4n) is 3.71. The van der Waals surface area contributed by atoms with Gasteiger partial charge in [0.1, 0.15) is 11.4 Å². The molecule has 1 saturated carbocycles. The summed E-state index contributed by atoms with van der Waals surface area (Å²) >= 11 is 0. The molecule has 0 amide bonds. The Balaban J connectivity index is 1.86. The summed E-state index contributed by atoms with van der Waals surface area (Å²) in [7, 11) is 1.52. The number of ether oxygens (including phenoxy) is 1. The summed E-state index contributed by atoms with van der Waals surface area (Å²) in [6.45, 7) is 1.76. The average molecular weight is 291 g/mol. The lowest BCUT2D eigenvalue weighted by atomic mass is 9.79. The number of methoxy groups -OCH3 is 1. The monoisotopic (exact) mass is 291 g/mol. The predicted octanol–water partition coefficient (Wildman–Crippen LogP) is 2.17. The van der Waals surface area contributed by atoms with Crippen LogP contribution in [0.3, 0.4) is 0 Å². The maximum Gasteiger partial charge on any atom is 0.296 e. The van der Waals surface area contributed by atoms with Gasteiger partial charge in [-0.1, -0.05) is 0 Å². The van der Waals surface area contributed by atoms with Gasteiger partial charge in [0.2, 0.25) is 0 Å². The quantitative estimate of drug-likeness (QED) is 0.681. The van der Waals surface area contributed by atoms with Crippen molar-refractivity contribution in [3.63, 3.8) is 0 Å². The molecule has 0 bridgehead atoms. The molecule has 2 fully saturated rings. The molecule has 3 atom stereocenters. The van der Waals surface area contributed by atoms with Gasteiger partial charge >= 0.3 is 0 Å². The lowest BCUT2D eigenvalue weighted by Gasteiger charge is -2.27. The Morgan fingerprint density at radius 3 is 2.81 bits per heavy atom. The van der Waals surface area contributed by atoms with E-state index >= 15 is 0 Å². The van der Waals surface area contributed by atoms with E-state index in [2.05, 4.69) is 4.90 Å². The summed E-state index contributed by atoms with van der Waals surface area (Å²) in [5.74, 6) is 1.70. The number of nitro groups is 1. The highest BCUT2D eigenvalue weighted by Gasteiger charge is 2.38. The number of fused-ring (bicyclic) bond motifs is 1. The van der Waals surface area contributed by atoms with Gasteiger partial charge in [0, 0.05) is 19.1 Å². The van der Waals surface area contributed by atoms with Crippen LogP contribution in [0.25, 0.3) is 0 Å². The Kier molecular flexibility index (Phi) is 3.71. The molecular weight excluding hydrogens is 270 g/mol. The van der Waals surface area contributed by atoms with E-state index in [0.29, 0.717) is 23.3 Å². The van der Waals surface area contributed by atoms with E-state index < -0.39 is 0 Å². The Morgan fingerprint density at radius 2 is 2.10 bits per heavy atom. The molecule has 6 nitrogen and oxygen atoms in total. The zero-order chi connectivity index (χ0) is 15.0. The molecule has 1 heterocycles. The first kappa shape index (κ1) is 14.1. The molecule has 1 saturated heterocycles. The van der Waals surface area contributed by atoms with Gasteiger partial charge in [0.25, 0.3) is 5.69 Å². The highest BCUT2D eigenvalue weighted by atomic mass is 16.6. The van der Waals surface area contributed by atoms with Crippen LogP contribution in [-0.2, 0) is 0 Å². The normalized spacial score (nSPS) is 28.3. The summed E-state index contributed by atoms with van der Waals surface area (Å²) in [5.41, 5.74) is 6.87. The maximum atomic E-state index is 11.3. The van der Waals surface area contributed by atoms with Crippen molar-refractivity contribution < 1.29 is 9.66 Å². The van der Waals surface area contributed by atoms with Crippen molar-refractivity contribution in [1.82, 2.24) is 0 Å². The van der Waals surface area contributed by atoms with E-state index in [1.54, 1.807) is 12.1 Å². The molecular formula is C15H21N3O3. The van der Waals surface area contributed by atoms with Crippen molar-refractivity contribution in [2.75, 3.05) is 25.1 Å². The smallest absolute Gasteiger partial charge is 0.296 e. The zero-order valence-corrected chi connectivity index (χ0v) is 12.2. The SMILES string of the molecule is COc1ccc(N2C[C@H]3CCC(N)C[C@H]3C2)c([N+](=O)[O-])c1. The third kappa shape index (κ3) is 2.68. The molecule has 21 heavy (non-hydrogen) atoms. The zero-order valence-electron chi connectivity index (χ0n) is 12.2. The van der Waals surface area contributed by atoms with Gasteiger partial charge in [-0.3, -0.25) is 10.1 Å². The van der Waals surface area contributed by atoms with Crippen LogP contribution in [0.1, 0.15) is 19.3 Å². The molecule has 1 unspecified atom stereocenters. The van der Waals surface area contributed by atoms with Crippen molar-refractivity contribution in [3.05, 3.63) is 28.3 Å². The van der Waals surface area contributed by atoms with Gasteiger partial charge in [0.05, 0.1) is 18.1 Å². The van der Waals surface area contributed by atoms with E-state index in [1.807, 2.05) is 0 Å². The number of benzene rings is 1. The molecule has 0 radical (unpaired) electrons. The standard InChI is InChI=1S/C15H21N3O3/c1-21-13-4-5-14(15(7-13)18(19)20)17-8-10-2-3-12(16)6-11(10)9-17/h4-5,7,10-12H,2-3,6,8-9,16H2,1H3/t10-,11+,12?/m1/s1. The van der Waals surface area contributed by atoms with Gasteiger partial charge in [-0.25, -0.2) is 0 Å². The van der Waals surface area contributed by atoms with Crippen LogP contribution in [0.2, 0.25) is 0 Å². The van der Waals surface area contributed by atoms with E-state index in [-0.39, 0.29) is 16.7 Å². The van der Waals surface area contributed by atoms with Crippen molar-refractivity contribution >= 4 is 11.4 Å². The Bertz CT molecular complexity index is 549. The van der Waals surface area contributed by atoms with Gasteiger partial charge in [-0.15, -0.1) is 0 Å². The van der Waals surface area contributed by atoms with Gasteiger partial charge in [0.15, 0.2) is 0 Å². The van der Waals surface area contributed by atoms with Crippen LogP contribution in [-0.4, -0.2) is 31.2 Å². The molecule has 2 aliphatic rings. The predicted molar refractivity (Wildman–Crippen MR) is 80.7 cm³/mol. The molecule has 1 aromatic rings. The van der Waals surface area contributed by atoms with Gasteiger partial charge in [-0.05, 0) is 43.2 Å². The maximum absolute atomic E-state index is 11.3. The number of rotatable bonds is 3. The molecule has 1 aliphatic carbocycles. The summed E-state index contributed by atoms with van der Waals surface area (Å²) in [6.07, 6.45) is 3.23. The third-order valence-electron chi connectivity index (χ3n) is 4.81. The molecule has 114 valence electrons. The highest BCUT2D eigenvalue weighted by Crippen LogP contribution is 2.41. The van der Waals surface area contributed by atoms with Gasteiger partial charge in [-0.2, -0.15) is 0 Å². The number of nitrogens with zero attached hydrogens (tertiary/aromatic N) is 2. The largest absolute Gasteiger partial charge is 0.496 e. The van der Waals surface area contributed by atoms with Gasteiger partial charge < -0.3 is 15.4 Å². The second-order valence-corrected chi connectivity index (χ2v) is 6.11. The summed E-state index contributed by atoms with van der Waals surface area (Å²) in [4.78, 5) is 13.1. The van der Waals surface area contributed by atoms with Crippen LogP contribution < -0.4 is 15.4 Å². The van der Waals surface area contributed by atoms with Crippen LogP contribution in [0.4, 0.5) is 11.4 Å². The Hall–Kier alpha value is -1.82. The summed E-state index contributed by atoms with van der Waals surface area (Å²) in [6, 6.07) is 5.38. The van der Waals surface area contributed by atoms with E-state index in [0.717, 1.165) is 32.4 Å². The molecule has 0 spiro atoms. The van der Waals surface area contributed by atoms with E-state index in [9.17, 15) is 10.1 Å². The van der Waals surface area contributed by atoms with Crippen molar-refractivity contribution in [2.45, 2.75) is 25.3 Å². The summed E-state index contributed by atoms with van der Waals surface area (Å²) < 4.78 is 5.09. The topological polar surface area (TPSA) is 81.6 Å². The number of anilines is 1. The molecule has 1 aliphatic heterocycles.